The Balaban J connectivity index is 4.34. The van der Waals surface area contributed by atoms with Crippen molar-refractivity contribution >= 4 is 11.9 Å². The van der Waals surface area contributed by atoms with Crippen molar-refractivity contribution in [2.75, 3.05) is 32.9 Å². The van der Waals surface area contributed by atoms with Gasteiger partial charge in [-0.05, 0) is 0 Å². The van der Waals surface area contributed by atoms with Gasteiger partial charge in [0.1, 0.15) is 0 Å². The van der Waals surface area contributed by atoms with Crippen LogP contribution in [0.4, 0.5) is 0 Å². The second-order valence-corrected chi connectivity index (χ2v) is 4.51. The Labute approximate surface area is 108 Å². The molecule has 0 saturated carbocycles. The Bertz CT molecular complexity index is 267. The maximum Gasteiger partial charge on any atom is 0.308 e. The smallest absolute Gasteiger partial charge is 0.308 e. The van der Waals surface area contributed by atoms with Crippen LogP contribution < -0.4 is 0 Å². The lowest BCUT2D eigenvalue weighted by Crippen LogP contribution is -2.41. The van der Waals surface area contributed by atoms with Crippen LogP contribution in [0.1, 0.15) is 20.8 Å². The van der Waals surface area contributed by atoms with E-state index in [-0.39, 0.29) is 31.6 Å². The maximum absolute atomic E-state index is 11.9. The molecule has 0 aromatic carbocycles. The van der Waals surface area contributed by atoms with E-state index in [9.17, 15) is 9.59 Å². The van der Waals surface area contributed by atoms with Gasteiger partial charge in [-0.2, -0.15) is 0 Å². The predicted molar refractivity (Wildman–Crippen MR) is 66.1 cm³/mol. The Morgan fingerprint density at radius 1 is 1.22 bits per heavy atom. The molecule has 0 spiro atoms. The monoisotopic (exact) mass is 261 g/mol. The molecule has 2 N–H and O–H groups in total. The van der Waals surface area contributed by atoms with Crippen molar-refractivity contribution < 1.29 is 24.5 Å². The summed E-state index contributed by atoms with van der Waals surface area (Å²) in [6, 6.07) is 0. The molecule has 1 unspecified atom stereocenters. The van der Waals surface area contributed by atoms with Gasteiger partial charge in [-0.15, -0.1) is 0 Å². The second-order valence-electron chi connectivity index (χ2n) is 4.51. The van der Waals surface area contributed by atoms with E-state index in [2.05, 4.69) is 0 Å². The summed E-state index contributed by atoms with van der Waals surface area (Å²) < 4.78 is 5.09. The molecule has 0 rings (SSSR count). The highest BCUT2D eigenvalue weighted by Gasteiger charge is 2.22. The SMILES string of the molecule is CC(C)C(=O)N(CCOCCO)CC(C)C(=O)O. The van der Waals surface area contributed by atoms with Gasteiger partial charge in [0.15, 0.2) is 0 Å². The van der Waals surface area contributed by atoms with Crippen LogP contribution in [0.25, 0.3) is 0 Å². The minimum atomic E-state index is -0.923. The first kappa shape index (κ1) is 16.9. The average Bonchev–Trinajstić information content (AvgIpc) is 2.31. The Morgan fingerprint density at radius 2 is 1.83 bits per heavy atom. The summed E-state index contributed by atoms with van der Waals surface area (Å²) in [6.45, 7) is 6.08. The highest BCUT2D eigenvalue weighted by Crippen LogP contribution is 2.06. The van der Waals surface area contributed by atoms with Crippen LogP contribution in [0.5, 0.6) is 0 Å². The Morgan fingerprint density at radius 3 is 2.28 bits per heavy atom. The fraction of sp³-hybridized carbons (Fsp3) is 0.833. The third-order valence-corrected chi connectivity index (χ3v) is 2.46. The minimum absolute atomic E-state index is 0.0658. The van der Waals surface area contributed by atoms with E-state index in [4.69, 9.17) is 14.9 Å². The molecule has 0 saturated heterocycles. The molecular weight excluding hydrogens is 238 g/mol. The van der Waals surface area contributed by atoms with Gasteiger partial charge in [-0.3, -0.25) is 9.59 Å². The highest BCUT2D eigenvalue weighted by molar-refractivity contribution is 5.79. The van der Waals surface area contributed by atoms with Gasteiger partial charge in [-0.1, -0.05) is 20.8 Å². The summed E-state index contributed by atoms with van der Waals surface area (Å²) in [4.78, 5) is 24.2. The normalized spacial score (nSPS) is 12.5. The molecule has 0 aliphatic carbocycles. The number of carboxylic acids is 1. The number of hydrogen-bond acceptors (Lipinski definition) is 4. The van der Waals surface area contributed by atoms with Crippen LogP contribution in [0.15, 0.2) is 0 Å². The second kappa shape index (κ2) is 8.88. The molecule has 1 amide bonds. The van der Waals surface area contributed by atoms with Gasteiger partial charge >= 0.3 is 5.97 Å². The van der Waals surface area contributed by atoms with Crippen LogP contribution in [-0.4, -0.2) is 59.9 Å². The topological polar surface area (TPSA) is 87.1 Å². The van der Waals surface area contributed by atoms with E-state index in [0.717, 1.165) is 0 Å². The molecule has 18 heavy (non-hydrogen) atoms. The molecule has 0 fully saturated rings. The molecule has 1 atom stereocenters. The largest absolute Gasteiger partial charge is 0.481 e. The van der Waals surface area contributed by atoms with Crippen molar-refractivity contribution in [3.05, 3.63) is 0 Å². The number of hydrogen-bond donors (Lipinski definition) is 2. The van der Waals surface area contributed by atoms with Crippen molar-refractivity contribution in [1.82, 2.24) is 4.90 Å². The molecule has 6 nitrogen and oxygen atoms in total. The minimum Gasteiger partial charge on any atom is -0.481 e. The van der Waals surface area contributed by atoms with Crippen LogP contribution in [0.2, 0.25) is 0 Å². The van der Waals surface area contributed by atoms with E-state index in [1.165, 1.54) is 4.90 Å². The molecule has 6 heteroatoms. The van der Waals surface area contributed by atoms with Gasteiger partial charge < -0.3 is 19.8 Å². The average molecular weight is 261 g/mol. The van der Waals surface area contributed by atoms with E-state index in [1.807, 2.05) is 0 Å². The zero-order chi connectivity index (χ0) is 14.1. The molecule has 0 radical (unpaired) electrons. The first-order chi connectivity index (χ1) is 8.40. The van der Waals surface area contributed by atoms with Crippen LogP contribution in [-0.2, 0) is 14.3 Å². The van der Waals surface area contributed by atoms with Gasteiger partial charge in [0.25, 0.3) is 0 Å². The lowest BCUT2D eigenvalue weighted by atomic mass is 10.1. The van der Waals surface area contributed by atoms with E-state index >= 15 is 0 Å². The first-order valence-corrected chi connectivity index (χ1v) is 6.10. The first-order valence-electron chi connectivity index (χ1n) is 6.10. The molecule has 0 bridgehead atoms. The Hall–Kier alpha value is -1.14. The van der Waals surface area contributed by atoms with Crippen molar-refractivity contribution in [1.29, 1.82) is 0 Å². The molecule has 106 valence electrons. The number of rotatable bonds is 9. The maximum atomic E-state index is 11.9. The van der Waals surface area contributed by atoms with Crippen molar-refractivity contribution in [3.8, 4) is 0 Å². The number of carbonyl (C=O) groups excluding carboxylic acids is 1. The van der Waals surface area contributed by atoms with Crippen molar-refractivity contribution in [3.63, 3.8) is 0 Å². The van der Waals surface area contributed by atoms with Gasteiger partial charge in [0.05, 0.1) is 25.7 Å². The zero-order valence-electron chi connectivity index (χ0n) is 11.3. The summed E-state index contributed by atoms with van der Waals surface area (Å²) in [7, 11) is 0. The zero-order valence-corrected chi connectivity index (χ0v) is 11.3. The van der Waals surface area contributed by atoms with Gasteiger partial charge in [0.2, 0.25) is 5.91 Å². The summed E-state index contributed by atoms with van der Waals surface area (Å²) in [5, 5.41) is 17.4. The van der Waals surface area contributed by atoms with Crippen molar-refractivity contribution in [2.24, 2.45) is 11.8 Å². The fourth-order valence-electron chi connectivity index (χ4n) is 1.41. The van der Waals surface area contributed by atoms with Gasteiger partial charge in [0, 0.05) is 19.0 Å². The predicted octanol–water partition coefficient (Wildman–Crippen LogP) is 0.201. The quantitative estimate of drug-likeness (QED) is 0.579. The number of aliphatic carboxylic acids is 1. The highest BCUT2D eigenvalue weighted by atomic mass is 16.5. The summed E-state index contributed by atoms with van der Waals surface area (Å²) >= 11 is 0. The molecule has 0 aliphatic heterocycles. The number of nitrogens with zero attached hydrogens (tertiary/aromatic N) is 1. The number of ether oxygens (including phenoxy) is 1. The van der Waals surface area contributed by atoms with Gasteiger partial charge in [-0.25, -0.2) is 0 Å². The molecule has 0 heterocycles. The number of amides is 1. The van der Waals surface area contributed by atoms with Crippen molar-refractivity contribution in [2.45, 2.75) is 20.8 Å². The number of carboxylic acid groups (broad SMARTS) is 1. The standard InChI is InChI=1S/C12H23NO5/c1-9(2)11(15)13(4-6-18-7-5-14)8-10(3)12(16)17/h9-10,14H,4-8H2,1-3H3,(H,16,17). The summed E-state index contributed by atoms with van der Waals surface area (Å²) in [5.74, 6) is -1.79. The summed E-state index contributed by atoms with van der Waals surface area (Å²) in [5.41, 5.74) is 0. The third kappa shape index (κ3) is 6.56. The van der Waals surface area contributed by atoms with Crippen LogP contribution in [0, 0.1) is 11.8 Å². The number of carbonyl (C=O) groups is 2. The molecule has 0 aromatic rings. The fourth-order valence-corrected chi connectivity index (χ4v) is 1.41. The van der Waals surface area contributed by atoms with Crippen LogP contribution in [0.3, 0.4) is 0 Å². The lowest BCUT2D eigenvalue weighted by Gasteiger charge is -2.26. The Kier molecular flexibility index (Phi) is 8.32. The molecule has 0 aromatic heterocycles. The van der Waals surface area contributed by atoms with E-state index in [0.29, 0.717) is 13.2 Å². The molecular formula is C12H23NO5. The molecule has 0 aliphatic rings. The van der Waals surface area contributed by atoms with Crippen LogP contribution >= 0.6 is 0 Å². The van der Waals surface area contributed by atoms with E-state index in [1.54, 1.807) is 20.8 Å². The number of aliphatic hydroxyl groups is 1. The summed E-state index contributed by atoms with van der Waals surface area (Å²) in [6.07, 6.45) is 0. The third-order valence-electron chi connectivity index (χ3n) is 2.46. The van der Waals surface area contributed by atoms with E-state index < -0.39 is 11.9 Å². The lowest BCUT2D eigenvalue weighted by molar-refractivity contribution is -0.144. The number of aliphatic hydroxyl groups excluding tert-OH is 1.